The number of nitrogens with one attached hydrogen (secondary N) is 1. The maximum absolute atomic E-state index is 12.7. The number of aliphatic carboxylic acids is 1. The Morgan fingerprint density at radius 3 is 2.57 bits per heavy atom. The van der Waals surface area contributed by atoms with Crippen LogP contribution in [0.5, 0.6) is 11.5 Å². The molecule has 1 saturated carbocycles. The number of carbonyl (C=O) groups excluding carboxylic acids is 1. The zero-order chi connectivity index (χ0) is 20.1. The summed E-state index contributed by atoms with van der Waals surface area (Å²) in [6.45, 7) is 0. The second-order valence-corrected chi connectivity index (χ2v) is 6.86. The largest absolute Gasteiger partial charge is 0.493 e. The van der Waals surface area contributed by atoms with Gasteiger partial charge in [0, 0.05) is 6.20 Å². The molecule has 3 rings (SSSR count). The van der Waals surface area contributed by atoms with Gasteiger partial charge in [0.05, 0.1) is 32.7 Å². The van der Waals surface area contributed by atoms with E-state index in [1.165, 1.54) is 27.1 Å². The minimum Gasteiger partial charge on any atom is -0.493 e. The SMILES string of the molecule is COc1ccc(C(CC(=O)O)NC(=O)c2ccn(C3CCCC3)n2)cc1OC. The Labute approximate surface area is 163 Å². The van der Waals surface area contributed by atoms with Crippen molar-refractivity contribution < 1.29 is 24.2 Å². The van der Waals surface area contributed by atoms with E-state index < -0.39 is 17.9 Å². The number of carbonyl (C=O) groups is 2. The summed E-state index contributed by atoms with van der Waals surface area (Å²) >= 11 is 0. The van der Waals surface area contributed by atoms with Crippen LogP contribution in [0.2, 0.25) is 0 Å². The van der Waals surface area contributed by atoms with Crippen LogP contribution in [0.1, 0.15) is 60.2 Å². The van der Waals surface area contributed by atoms with E-state index in [0.717, 1.165) is 12.8 Å². The van der Waals surface area contributed by atoms with E-state index in [4.69, 9.17) is 9.47 Å². The molecule has 1 aromatic carbocycles. The first-order valence-electron chi connectivity index (χ1n) is 9.31. The Kier molecular flexibility index (Phi) is 6.18. The Balaban J connectivity index is 1.78. The van der Waals surface area contributed by atoms with Crippen molar-refractivity contribution in [1.29, 1.82) is 0 Å². The van der Waals surface area contributed by atoms with E-state index in [2.05, 4.69) is 10.4 Å². The van der Waals surface area contributed by atoms with E-state index in [0.29, 0.717) is 23.1 Å². The topological polar surface area (TPSA) is 103 Å². The Morgan fingerprint density at radius 1 is 1.21 bits per heavy atom. The van der Waals surface area contributed by atoms with Crippen LogP contribution in [0.25, 0.3) is 0 Å². The lowest BCUT2D eigenvalue weighted by molar-refractivity contribution is -0.137. The molecule has 150 valence electrons. The first-order chi connectivity index (χ1) is 13.5. The molecule has 0 spiro atoms. The van der Waals surface area contributed by atoms with E-state index in [1.807, 2.05) is 10.9 Å². The predicted molar refractivity (Wildman–Crippen MR) is 102 cm³/mol. The van der Waals surface area contributed by atoms with Crippen molar-refractivity contribution in [2.75, 3.05) is 14.2 Å². The lowest BCUT2D eigenvalue weighted by Gasteiger charge is -2.18. The number of aromatic nitrogens is 2. The Bertz CT molecular complexity index is 842. The van der Waals surface area contributed by atoms with Crippen molar-refractivity contribution in [1.82, 2.24) is 15.1 Å². The normalized spacial score (nSPS) is 15.2. The molecule has 2 aromatic rings. The Hall–Kier alpha value is -3.03. The fraction of sp³-hybridized carbons (Fsp3) is 0.450. The number of carboxylic acid groups (broad SMARTS) is 1. The molecule has 1 unspecified atom stereocenters. The van der Waals surface area contributed by atoms with Crippen molar-refractivity contribution in [2.24, 2.45) is 0 Å². The lowest BCUT2D eigenvalue weighted by atomic mass is 10.0. The number of carboxylic acids is 1. The van der Waals surface area contributed by atoms with Gasteiger partial charge in [0.15, 0.2) is 11.5 Å². The third kappa shape index (κ3) is 4.44. The summed E-state index contributed by atoms with van der Waals surface area (Å²) in [6.07, 6.45) is 6.03. The molecule has 0 aliphatic heterocycles. The van der Waals surface area contributed by atoms with Crippen LogP contribution in [0.4, 0.5) is 0 Å². The number of methoxy groups -OCH3 is 2. The highest BCUT2D eigenvalue weighted by Crippen LogP contribution is 2.31. The van der Waals surface area contributed by atoms with E-state index in [9.17, 15) is 14.7 Å². The second kappa shape index (κ2) is 8.77. The fourth-order valence-corrected chi connectivity index (χ4v) is 3.56. The zero-order valence-corrected chi connectivity index (χ0v) is 16.1. The highest BCUT2D eigenvalue weighted by molar-refractivity contribution is 5.92. The van der Waals surface area contributed by atoms with Crippen molar-refractivity contribution in [3.63, 3.8) is 0 Å². The molecule has 1 aliphatic carbocycles. The lowest BCUT2D eigenvalue weighted by Crippen LogP contribution is -2.30. The fourth-order valence-electron chi connectivity index (χ4n) is 3.56. The van der Waals surface area contributed by atoms with Gasteiger partial charge in [-0.3, -0.25) is 14.3 Å². The molecular formula is C20H25N3O5. The standard InChI is InChI=1S/C20H25N3O5/c1-27-17-8-7-13(11-18(17)28-2)16(12-19(24)25)21-20(26)15-9-10-23(22-15)14-5-3-4-6-14/h7-11,14,16H,3-6,12H2,1-2H3,(H,21,26)(H,24,25). The predicted octanol–water partition coefficient (Wildman–Crippen LogP) is 2.96. The number of nitrogens with zero attached hydrogens (tertiary/aromatic N) is 2. The smallest absolute Gasteiger partial charge is 0.305 e. The minimum absolute atomic E-state index is 0.259. The molecule has 0 saturated heterocycles. The van der Waals surface area contributed by atoms with Gasteiger partial charge in [-0.2, -0.15) is 5.10 Å². The maximum atomic E-state index is 12.7. The quantitative estimate of drug-likeness (QED) is 0.722. The van der Waals surface area contributed by atoms with Gasteiger partial charge in [0.25, 0.3) is 5.91 Å². The summed E-state index contributed by atoms with van der Waals surface area (Å²) in [6, 6.07) is 6.35. The molecule has 28 heavy (non-hydrogen) atoms. The van der Waals surface area contributed by atoms with Crippen molar-refractivity contribution in [3.8, 4) is 11.5 Å². The Morgan fingerprint density at radius 2 is 1.93 bits per heavy atom. The number of amides is 1. The van der Waals surface area contributed by atoms with Gasteiger partial charge in [-0.1, -0.05) is 18.9 Å². The van der Waals surface area contributed by atoms with Crippen LogP contribution in [0.3, 0.4) is 0 Å². The molecule has 1 aliphatic rings. The van der Waals surface area contributed by atoms with Crippen LogP contribution >= 0.6 is 0 Å². The third-order valence-electron chi connectivity index (χ3n) is 5.03. The number of hydrogen-bond donors (Lipinski definition) is 2. The summed E-state index contributed by atoms with van der Waals surface area (Å²) in [7, 11) is 3.02. The summed E-state index contributed by atoms with van der Waals surface area (Å²) in [4.78, 5) is 24.0. The molecule has 1 aromatic heterocycles. The number of rotatable bonds is 8. The molecule has 1 amide bonds. The van der Waals surface area contributed by atoms with Gasteiger partial charge in [-0.25, -0.2) is 0 Å². The zero-order valence-electron chi connectivity index (χ0n) is 16.1. The van der Waals surface area contributed by atoms with Crippen LogP contribution in [0, 0.1) is 0 Å². The second-order valence-electron chi connectivity index (χ2n) is 6.86. The minimum atomic E-state index is -1.02. The van der Waals surface area contributed by atoms with Crippen LogP contribution in [0.15, 0.2) is 30.5 Å². The first kappa shape index (κ1) is 19.7. The molecule has 0 radical (unpaired) electrons. The van der Waals surface area contributed by atoms with Gasteiger partial charge in [0.2, 0.25) is 0 Å². The van der Waals surface area contributed by atoms with Crippen molar-refractivity contribution >= 4 is 11.9 Å². The average molecular weight is 387 g/mol. The number of benzene rings is 1. The van der Waals surface area contributed by atoms with E-state index >= 15 is 0 Å². The van der Waals surface area contributed by atoms with E-state index in [1.54, 1.807) is 24.3 Å². The summed E-state index contributed by atoms with van der Waals surface area (Å²) in [5.74, 6) is -0.425. The monoisotopic (exact) mass is 387 g/mol. The third-order valence-corrected chi connectivity index (χ3v) is 5.03. The van der Waals surface area contributed by atoms with Crippen molar-refractivity contribution in [2.45, 2.75) is 44.2 Å². The molecule has 8 heteroatoms. The van der Waals surface area contributed by atoms with Gasteiger partial charge in [-0.15, -0.1) is 0 Å². The summed E-state index contributed by atoms with van der Waals surface area (Å²) < 4.78 is 12.3. The highest BCUT2D eigenvalue weighted by atomic mass is 16.5. The average Bonchev–Trinajstić information content (AvgIpc) is 3.37. The molecule has 0 bridgehead atoms. The number of ether oxygens (including phenoxy) is 2. The van der Waals surface area contributed by atoms with E-state index in [-0.39, 0.29) is 12.1 Å². The highest BCUT2D eigenvalue weighted by Gasteiger charge is 2.23. The van der Waals surface area contributed by atoms with Crippen molar-refractivity contribution in [3.05, 3.63) is 41.7 Å². The number of hydrogen-bond acceptors (Lipinski definition) is 5. The molecular weight excluding hydrogens is 362 g/mol. The van der Waals surface area contributed by atoms with Gasteiger partial charge >= 0.3 is 5.97 Å². The first-order valence-corrected chi connectivity index (χ1v) is 9.31. The van der Waals surface area contributed by atoms with Crippen LogP contribution in [-0.2, 0) is 4.79 Å². The summed E-state index contributed by atoms with van der Waals surface area (Å²) in [5.41, 5.74) is 0.895. The molecule has 8 nitrogen and oxygen atoms in total. The van der Waals surface area contributed by atoms with Gasteiger partial charge in [0.1, 0.15) is 5.69 Å². The molecule has 2 N–H and O–H groups in total. The van der Waals surface area contributed by atoms with Crippen LogP contribution in [-0.4, -0.2) is 41.0 Å². The molecule has 1 fully saturated rings. The van der Waals surface area contributed by atoms with Crippen LogP contribution < -0.4 is 14.8 Å². The maximum Gasteiger partial charge on any atom is 0.305 e. The molecule has 1 atom stereocenters. The summed E-state index contributed by atoms with van der Waals surface area (Å²) in [5, 5.41) is 16.4. The molecule has 1 heterocycles. The van der Waals surface area contributed by atoms with Gasteiger partial charge in [-0.05, 0) is 36.6 Å². The van der Waals surface area contributed by atoms with Gasteiger partial charge < -0.3 is 19.9 Å².